The van der Waals surface area contributed by atoms with Crippen molar-refractivity contribution in [2.75, 3.05) is 50.0 Å². The Bertz CT molecular complexity index is 658. The summed E-state index contributed by atoms with van der Waals surface area (Å²) in [6.45, 7) is 9.59. The highest BCUT2D eigenvalue weighted by molar-refractivity contribution is 5.63. The minimum Gasteiger partial charge on any atom is -0.379 e. The van der Waals surface area contributed by atoms with Crippen LogP contribution in [0.1, 0.15) is 13.8 Å². The third-order valence-electron chi connectivity index (χ3n) is 3.94. The van der Waals surface area contributed by atoms with E-state index in [9.17, 15) is 0 Å². The highest BCUT2D eigenvalue weighted by Crippen LogP contribution is 2.20. The number of aromatic nitrogens is 3. The van der Waals surface area contributed by atoms with Gasteiger partial charge in [0.15, 0.2) is 0 Å². The van der Waals surface area contributed by atoms with E-state index in [2.05, 4.69) is 44.3 Å². The van der Waals surface area contributed by atoms with E-state index in [-0.39, 0.29) is 6.04 Å². The van der Waals surface area contributed by atoms with Crippen molar-refractivity contribution in [2.24, 2.45) is 0 Å². The number of nitrogens with one attached hydrogen (secondary N) is 2. The van der Waals surface area contributed by atoms with Crippen LogP contribution >= 0.6 is 0 Å². The fourth-order valence-corrected chi connectivity index (χ4v) is 2.69. The first-order chi connectivity index (χ1) is 12.2. The van der Waals surface area contributed by atoms with Crippen LogP contribution in [0.25, 0.3) is 11.3 Å². The van der Waals surface area contributed by atoms with Gasteiger partial charge in [-0.15, -0.1) is 0 Å². The molecule has 7 nitrogen and oxygen atoms in total. The Morgan fingerprint density at radius 3 is 2.80 bits per heavy atom. The zero-order valence-corrected chi connectivity index (χ0v) is 14.9. The van der Waals surface area contributed by atoms with E-state index in [4.69, 9.17) is 4.74 Å². The molecule has 1 aliphatic rings. The first-order valence-electron chi connectivity index (χ1n) is 8.81. The van der Waals surface area contributed by atoms with Crippen molar-refractivity contribution in [3.05, 3.63) is 30.6 Å². The van der Waals surface area contributed by atoms with Gasteiger partial charge in [-0.2, -0.15) is 4.98 Å². The number of rotatable bonds is 7. The van der Waals surface area contributed by atoms with Gasteiger partial charge in [-0.3, -0.25) is 9.88 Å². The Kier molecular flexibility index (Phi) is 6.14. The van der Waals surface area contributed by atoms with Gasteiger partial charge in [0.1, 0.15) is 5.82 Å². The monoisotopic (exact) mass is 342 g/mol. The predicted octanol–water partition coefficient (Wildman–Crippen LogP) is 2.10. The molecule has 0 bridgehead atoms. The summed E-state index contributed by atoms with van der Waals surface area (Å²) < 4.78 is 5.38. The second kappa shape index (κ2) is 8.73. The summed E-state index contributed by atoms with van der Waals surface area (Å²) in [6.07, 6.45) is 3.58. The molecule has 0 saturated carbocycles. The van der Waals surface area contributed by atoms with Crippen LogP contribution in [0, 0.1) is 0 Å². The molecule has 1 fully saturated rings. The van der Waals surface area contributed by atoms with Gasteiger partial charge in [0.25, 0.3) is 0 Å². The molecule has 3 heterocycles. The van der Waals surface area contributed by atoms with Crippen LogP contribution in [0.2, 0.25) is 0 Å². The van der Waals surface area contributed by atoms with Gasteiger partial charge in [0.05, 0.1) is 18.9 Å². The maximum Gasteiger partial charge on any atom is 0.225 e. The SMILES string of the molecule is CC(C)Nc1nc(NCCN2CCOCC2)cc(-c2cccnc2)n1. The van der Waals surface area contributed by atoms with Crippen LogP contribution < -0.4 is 10.6 Å². The molecule has 0 aromatic carbocycles. The first kappa shape index (κ1) is 17.6. The van der Waals surface area contributed by atoms with Gasteiger partial charge in [-0.1, -0.05) is 0 Å². The number of ether oxygens (including phenoxy) is 1. The van der Waals surface area contributed by atoms with E-state index >= 15 is 0 Å². The zero-order chi connectivity index (χ0) is 17.5. The van der Waals surface area contributed by atoms with Crippen molar-refractivity contribution < 1.29 is 4.74 Å². The van der Waals surface area contributed by atoms with Gasteiger partial charge >= 0.3 is 0 Å². The van der Waals surface area contributed by atoms with Crippen LogP contribution in [0.15, 0.2) is 30.6 Å². The molecule has 3 rings (SSSR count). The summed E-state index contributed by atoms with van der Waals surface area (Å²) in [5.74, 6) is 1.45. The molecular formula is C18H26N6O. The zero-order valence-electron chi connectivity index (χ0n) is 14.9. The Morgan fingerprint density at radius 1 is 1.24 bits per heavy atom. The van der Waals surface area contributed by atoms with Crippen LogP contribution in [-0.4, -0.2) is 65.3 Å². The van der Waals surface area contributed by atoms with Gasteiger partial charge < -0.3 is 15.4 Å². The second-order valence-corrected chi connectivity index (χ2v) is 6.38. The molecular weight excluding hydrogens is 316 g/mol. The van der Waals surface area contributed by atoms with Crippen LogP contribution in [0.5, 0.6) is 0 Å². The average Bonchev–Trinajstić information content (AvgIpc) is 2.63. The third-order valence-corrected chi connectivity index (χ3v) is 3.94. The first-order valence-corrected chi connectivity index (χ1v) is 8.81. The number of pyridine rings is 1. The van der Waals surface area contributed by atoms with Crippen molar-refractivity contribution in [1.82, 2.24) is 19.9 Å². The molecule has 1 saturated heterocycles. The molecule has 0 atom stereocenters. The molecule has 0 amide bonds. The Labute approximate surface area is 148 Å². The normalized spacial score (nSPS) is 15.3. The molecule has 7 heteroatoms. The minimum absolute atomic E-state index is 0.269. The summed E-state index contributed by atoms with van der Waals surface area (Å²) in [4.78, 5) is 15.8. The Morgan fingerprint density at radius 2 is 2.08 bits per heavy atom. The van der Waals surface area contributed by atoms with E-state index in [0.29, 0.717) is 5.95 Å². The maximum atomic E-state index is 5.38. The number of hydrogen-bond acceptors (Lipinski definition) is 7. The molecule has 2 N–H and O–H groups in total. The smallest absolute Gasteiger partial charge is 0.225 e. The number of anilines is 2. The number of nitrogens with zero attached hydrogens (tertiary/aromatic N) is 4. The molecule has 0 radical (unpaired) electrons. The molecule has 25 heavy (non-hydrogen) atoms. The van der Waals surface area contributed by atoms with E-state index < -0.39 is 0 Å². The molecule has 2 aromatic heterocycles. The topological polar surface area (TPSA) is 75.2 Å². The summed E-state index contributed by atoms with van der Waals surface area (Å²) in [5.41, 5.74) is 1.84. The lowest BCUT2D eigenvalue weighted by atomic mass is 10.2. The number of hydrogen-bond donors (Lipinski definition) is 2. The van der Waals surface area contributed by atoms with Crippen LogP contribution in [0.4, 0.5) is 11.8 Å². The van der Waals surface area contributed by atoms with Crippen molar-refractivity contribution in [1.29, 1.82) is 0 Å². The lowest BCUT2D eigenvalue weighted by Crippen LogP contribution is -2.39. The summed E-state index contributed by atoms with van der Waals surface area (Å²) in [6, 6.07) is 6.16. The standard InChI is InChI=1S/C18H26N6O/c1-14(2)21-18-22-16(15-4-3-5-19-13-15)12-17(23-18)20-6-7-24-8-10-25-11-9-24/h3-5,12-14H,6-11H2,1-2H3,(H2,20,21,22,23). The van der Waals surface area contributed by atoms with Gasteiger partial charge in [0.2, 0.25) is 5.95 Å². The number of morpholine rings is 1. The van der Waals surface area contributed by atoms with Gasteiger partial charge in [-0.05, 0) is 26.0 Å². The molecule has 134 valence electrons. The lowest BCUT2D eigenvalue weighted by Gasteiger charge is -2.26. The van der Waals surface area contributed by atoms with Crippen molar-refractivity contribution >= 4 is 11.8 Å². The molecule has 0 spiro atoms. The van der Waals surface area contributed by atoms with Crippen molar-refractivity contribution in [2.45, 2.75) is 19.9 Å². The fraction of sp³-hybridized carbons (Fsp3) is 0.500. The quantitative estimate of drug-likeness (QED) is 0.798. The average molecular weight is 342 g/mol. The highest BCUT2D eigenvalue weighted by Gasteiger charge is 2.11. The maximum absolute atomic E-state index is 5.38. The largest absolute Gasteiger partial charge is 0.379 e. The van der Waals surface area contributed by atoms with E-state index in [0.717, 1.165) is 56.5 Å². The third kappa shape index (κ3) is 5.37. The molecule has 0 aliphatic carbocycles. The summed E-state index contributed by atoms with van der Waals surface area (Å²) in [7, 11) is 0. The van der Waals surface area contributed by atoms with Crippen LogP contribution in [-0.2, 0) is 4.74 Å². The second-order valence-electron chi connectivity index (χ2n) is 6.38. The van der Waals surface area contributed by atoms with Crippen molar-refractivity contribution in [3.63, 3.8) is 0 Å². The van der Waals surface area contributed by atoms with Gasteiger partial charge in [0, 0.05) is 56.2 Å². The van der Waals surface area contributed by atoms with E-state index in [1.165, 1.54) is 0 Å². The van der Waals surface area contributed by atoms with E-state index in [1.807, 2.05) is 24.4 Å². The van der Waals surface area contributed by atoms with Crippen molar-refractivity contribution in [3.8, 4) is 11.3 Å². The summed E-state index contributed by atoms with van der Waals surface area (Å²) in [5, 5.41) is 6.71. The van der Waals surface area contributed by atoms with Crippen LogP contribution in [0.3, 0.4) is 0 Å². The van der Waals surface area contributed by atoms with Gasteiger partial charge in [-0.25, -0.2) is 4.98 Å². The lowest BCUT2D eigenvalue weighted by molar-refractivity contribution is 0.0398. The summed E-state index contributed by atoms with van der Waals surface area (Å²) >= 11 is 0. The molecule has 1 aliphatic heterocycles. The highest BCUT2D eigenvalue weighted by atomic mass is 16.5. The Balaban J connectivity index is 1.70. The minimum atomic E-state index is 0.269. The van der Waals surface area contributed by atoms with E-state index in [1.54, 1.807) is 6.20 Å². The Hall–Kier alpha value is -2.25. The fourth-order valence-electron chi connectivity index (χ4n) is 2.69. The molecule has 0 unspecified atom stereocenters. The predicted molar refractivity (Wildman–Crippen MR) is 99.8 cm³/mol. The molecule has 2 aromatic rings.